The van der Waals surface area contributed by atoms with Crippen LogP contribution >= 0.6 is 11.3 Å². The van der Waals surface area contributed by atoms with Crippen molar-refractivity contribution in [1.82, 2.24) is 39.3 Å². The Balaban J connectivity index is 1.57. The molecule has 0 N–H and O–H groups in total. The molecule has 30 heavy (non-hydrogen) atoms. The van der Waals surface area contributed by atoms with Crippen LogP contribution in [0.4, 0.5) is 0 Å². The zero-order chi connectivity index (χ0) is 19.8. The molecule has 0 atom stereocenters. The molecule has 0 spiro atoms. The monoisotopic (exact) mass is 410 g/mol. The molecule has 6 aromatic rings. The van der Waals surface area contributed by atoms with Gasteiger partial charge in [0.25, 0.3) is 0 Å². The second-order valence-electron chi connectivity index (χ2n) is 7.40. The van der Waals surface area contributed by atoms with Crippen molar-refractivity contribution in [3.63, 3.8) is 0 Å². The van der Waals surface area contributed by atoms with Gasteiger partial charge in [0.05, 0.1) is 17.0 Å². The van der Waals surface area contributed by atoms with Gasteiger partial charge in [-0.25, -0.2) is 24.5 Å². The Morgan fingerprint density at radius 1 is 1.03 bits per heavy atom. The SMILES string of the molecule is Cc1nc2c3cnn(-c4ncnc5sc6c(c45)-c4ccccc4CC6)c3ncn2n1. The van der Waals surface area contributed by atoms with Gasteiger partial charge >= 0.3 is 0 Å². The first-order valence-corrected chi connectivity index (χ1v) is 10.5. The minimum Gasteiger partial charge on any atom is -0.225 e. The lowest BCUT2D eigenvalue weighted by Crippen LogP contribution is -2.05. The van der Waals surface area contributed by atoms with Gasteiger partial charge in [-0.1, -0.05) is 24.3 Å². The Bertz CT molecular complexity index is 1620. The lowest BCUT2D eigenvalue weighted by molar-refractivity contribution is 0.855. The standard InChI is InChI=1S/C21H14N8S/c1-11-26-19-14-8-25-29(18(14)24-10-28(19)27-11)20-17-16-13-5-3-2-4-12(13)6-7-15(16)30-21(17)23-9-22-20/h2-5,8-10H,6-7H2,1H3. The van der Waals surface area contributed by atoms with Crippen molar-refractivity contribution in [3.8, 4) is 16.9 Å². The molecule has 1 aromatic carbocycles. The second-order valence-corrected chi connectivity index (χ2v) is 8.48. The maximum atomic E-state index is 4.65. The molecule has 0 saturated heterocycles. The Morgan fingerprint density at radius 2 is 1.97 bits per heavy atom. The Labute approximate surface area is 173 Å². The maximum absolute atomic E-state index is 4.65. The molecule has 7 rings (SSSR count). The molecular weight excluding hydrogens is 396 g/mol. The number of benzene rings is 1. The summed E-state index contributed by atoms with van der Waals surface area (Å²) in [4.78, 5) is 20.7. The van der Waals surface area contributed by atoms with Gasteiger partial charge in [-0.15, -0.1) is 11.3 Å². The second kappa shape index (κ2) is 5.67. The largest absolute Gasteiger partial charge is 0.225 e. The molecule has 0 saturated carbocycles. The summed E-state index contributed by atoms with van der Waals surface area (Å²) >= 11 is 1.75. The van der Waals surface area contributed by atoms with Gasteiger partial charge in [0.15, 0.2) is 17.1 Å². The van der Waals surface area contributed by atoms with Crippen molar-refractivity contribution in [3.05, 3.63) is 59.4 Å². The molecule has 0 bridgehead atoms. The van der Waals surface area contributed by atoms with Crippen LogP contribution in [-0.2, 0) is 12.8 Å². The lowest BCUT2D eigenvalue weighted by atomic mass is 9.89. The minimum atomic E-state index is 0.699. The number of hydrogen-bond donors (Lipinski definition) is 0. The van der Waals surface area contributed by atoms with Crippen molar-refractivity contribution in [2.24, 2.45) is 0 Å². The van der Waals surface area contributed by atoms with Gasteiger partial charge in [0, 0.05) is 10.4 Å². The summed E-state index contributed by atoms with van der Waals surface area (Å²) in [5.74, 6) is 1.45. The normalized spacial score (nSPS) is 13.2. The van der Waals surface area contributed by atoms with E-state index in [0.29, 0.717) is 11.5 Å². The summed E-state index contributed by atoms with van der Waals surface area (Å²) in [6.45, 7) is 1.87. The third-order valence-corrected chi connectivity index (χ3v) is 6.82. The zero-order valence-electron chi connectivity index (χ0n) is 15.9. The summed E-state index contributed by atoms with van der Waals surface area (Å²) in [6, 6.07) is 8.60. The van der Waals surface area contributed by atoms with Crippen LogP contribution in [0.25, 0.3) is 43.8 Å². The van der Waals surface area contributed by atoms with E-state index in [1.807, 2.05) is 6.92 Å². The van der Waals surface area contributed by atoms with E-state index in [2.05, 4.69) is 54.4 Å². The number of thiophene rings is 1. The first kappa shape index (κ1) is 16.1. The summed E-state index contributed by atoms with van der Waals surface area (Å²) in [7, 11) is 0. The Kier molecular flexibility index (Phi) is 3.04. The summed E-state index contributed by atoms with van der Waals surface area (Å²) in [5.41, 5.74) is 5.31. The van der Waals surface area contributed by atoms with Gasteiger partial charge in [0.1, 0.15) is 23.3 Å². The number of hydrogen-bond acceptors (Lipinski definition) is 7. The highest BCUT2D eigenvalue weighted by molar-refractivity contribution is 7.19. The van der Waals surface area contributed by atoms with E-state index >= 15 is 0 Å². The number of fused-ring (bicyclic) bond motifs is 8. The topological polar surface area (TPSA) is 86.7 Å². The van der Waals surface area contributed by atoms with Crippen molar-refractivity contribution in [1.29, 1.82) is 0 Å². The molecule has 0 amide bonds. The van der Waals surface area contributed by atoms with Crippen LogP contribution in [0.1, 0.15) is 16.3 Å². The van der Waals surface area contributed by atoms with Gasteiger partial charge in [0.2, 0.25) is 0 Å². The number of rotatable bonds is 1. The predicted octanol–water partition coefficient (Wildman–Crippen LogP) is 3.54. The van der Waals surface area contributed by atoms with Gasteiger partial charge < -0.3 is 0 Å². The third-order valence-electron chi connectivity index (χ3n) is 5.66. The van der Waals surface area contributed by atoms with Crippen LogP contribution in [0.2, 0.25) is 0 Å². The highest BCUT2D eigenvalue weighted by atomic mass is 32.1. The van der Waals surface area contributed by atoms with Gasteiger partial charge in [-0.2, -0.15) is 14.9 Å². The lowest BCUT2D eigenvalue weighted by Gasteiger charge is -2.17. The molecule has 1 aliphatic rings. The van der Waals surface area contributed by atoms with Gasteiger partial charge in [-0.3, -0.25) is 0 Å². The average Bonchev–Trinajstić information content (AvgIpc) is 3.46. The van der Waals surface area contributed by atoms with Crippen LogP contribution in [-0.4, -0.2) is 39.3 Å². The predicted molar refractivity (Wildman–Crippen MR) is 114 cm³/mol. The fourth-order valence-electron chi connectivity index (χ4n) is 4.40. The average molecular weight is 410 g/mol. The third kappa shape index (κ3) is 2.04. The maximum Gasteiger partial charge on any atom is 0.170 e. The first-order chi connectivity index (χ1) is 14.8. The van der Waals surface area contributed by atoms with Crippen LogP contribution in [0, 0.1) is 6.92 Å². The Hall–Kier alpha value is -3.72. The first-order valence-electron chi connectivity index (χ1n) is 9.68. The molecule has 0 aliphatic heterocycles. The van der Waals surface area contributed by atoms with Crippen LogP contribution in [0.3, 0.4) is 0 Å². The molecule has 0 radical (unpaired) electrons. The van der Waals surface area contributed by atoms with E-state index in [1.54, 1.807) is 39.4 Å². The summed E-state index contributed by atoms with van der Waals surface area (Å²) in [6.07, 6.45) is 7.14. The van der Waals surface area contributed by atoms with E-state index < -0.39 is 0 Å². The molecule has 0 fully saturated rings. The van der Waals surface area contributed by atoms with E-state index in [9.17, 15) is 0 Å². The smallest absolute Gasteiger partial charge is 0.170 e. The van der Waals surface area contributed by atoms with Crippen LogP contribution in [0.15, 0.2) is 43.1 Å². The molecule has 1 aliphatic carbocycles. The fourth-order valence-corrected chi connectivity index (χ4v) is 5.55. The van der Waals surface area contributed by atoms with E-state index in [-0.39, 0.29) is 0 Å². The zero-order valence-corrected chi connectivity index (χ0v) is 16.8. The number of aromatic nitrogens is 8. The highest BCUT2D eigenvalue weighted by Gasteiger charge is 2.25. The van der Waals surface area contributed by atoms with E-state index in [1.165, 1.54) is 21.6 Å². The van der Waals surface area contributed by atoms with Crippen molar-refractivity contribution in [2.75, 3.05) is 0 Å². The molecule has 5 aromatic heterocycles. The van der Waals surface area contributed by atoms with E-state index in [4.69, 9.17) is 0 Å². The summed E-state index contributed by atoms with van der Waals surface area (Å²) < 4.78 is 3.48. The molecule has 144 valence electrons. The van der Waals surface area contributed by atoms with Crippen LogP contribution in [0.5, 0.6) is 0 Å². The molecule has 9 heteroatoms. The Morgan fingerprint density at radius 3 is 2.93 bits per heavy atom. The van der Waals surface area contributed by atoms with Crippen LogP contribution < -0.4 is 0 Å². The molecular formula is C21H14N8S. The van der Waals surface area contributed by atoms with Gasteiger partial charge in [-0.05, 0) is 30.9 Å². The minimum absolute atomic E-state index is 0.699. The number of nitrogens with zero attached hydrogens (tertiary/aromatic N) is 8. The van der Waals surface area contributed by atoms with Crippen molar-refractivity contribution >= 4 is 38.2 Å². The fraction of sp³-hybridized carbons (Fsp3) is 0.143. The quantitative estimate of drug-likeness (QED) is 0.412. The van der Waals surface area contributed by atoms with E-state index in [0.717, 1.165) is 39.9 Å². The summed E-state index contributed by atoms with van der Waals surface area (Å²) in [5, 5.41) is 10.9. The molecule has 8 nitrogen and oxygen atoms in total. The highest BCUT2D eigenvalue weighted by Crippen LogP contribution is 2.44. The molecule has 5 heterocycles. The molecule has 0 unspecified atom stereocenters. The van der Waals surface area contributed by atoms with Crippen molar-refractivity contribution in [2.45, 2.75) is 19.8 Å². The van der Waals surface area contributed by atoms with Crippen molar-refractivity contribution < 1.29 is 0 Å². The number of aryl methyl sites for hydroxylation is 3.